The van der Waals surface area contributed by atoms with E-state index in [1.54, 1.807) is 68.1 Å². The first-order chi connectivity index (χ1) is 37.3. The molecule has 1 heterocycles. The first kappa shape index (κ1) is 69.6. The predicted molar refractivity (Wildman–Crippen MR) is 300 cm³/mol. The summed E-state index contributed by atoms with van der Waals surface area (Å²) in [5.41, 5.74) is 3.57. The van der Waals surface area contributed by atoms with Crippen LogP contribution >= 0.6 is 0 Å². The molecular formula is C57H96N8O14. The first-order valence-corrected chi connectivity index (χ1v) is 27.8. The normalized spacial score (nSPS) is 17.2. The van der Waals surface area contributed by atoms with E-state index >= 15 is 0 Å². The second-order valence-corrected chi connectivity index (χ2v) is 21.9. The minimum absolute atomic E-state index is 0.0109. The SMILES string of the molecule is CCC(C)C(C(CC(=O)N1CCCC1C(OC)C(C)C(=O)NC(C=CC(=O)NOCc1ccc(NC(=O)C(C)NC(=O)CCOCCOCCC(=O)O)cc1)CC(C)C)OC)N(C)C(=O)C(NC(=O)C(C(C)C)N(C)C)C(C)C. The lowest BCUT2D eigenvalue weighted by atomic mass is 9.89. The third kappa shape index (κ3) is 24.0. The van der Waals surface area contributed by atoms with Crippen LogP contribution in [0.2, 0.25) is 0 Å². The van der Waals surface area contributed by atoms with Gasteiger partial charge in [0.15, 0.2) is 0 Å². The minimum atomic E-state index is -0.954. The number of likely N-dealkylation sites (N-methyl/N-ethyl adjacent to an activating group) is 2. The number of aliphatic carboxylic acids is 1. The van der Waals surface area contributed by atoms with Gasteiger partial charge in [0.25, 0.3) is 5.91 Å². The van der Waals surface area contributed by atoms with Crippen molar-refractivity contribution in [1.82, 2.24) is 36.1 Å². The van der Waals surface area contributed by atoms with Crippen LogP contribution in [0.25, 0.3) is 0 Å². The fourth-order valence-corrected chi connectivity index (χ4v) is 9.81. The van der Waals surface area contributed by atoms with Gasteiger partial charge in [-0.05, 0) is 81.6 Å². The Hall–Kier alpha value is -5.52. The van der Waals surface area contributed by atoms with Crippen molar-refractivity contribution in [1.29, 1.82) is 0 Å². The lowest BCUT2D eigenvalue weighted by Crippen LogP contribution is -2.59. The van der Waals surface area contributed by atoms with Gasteiger partial charge < -0.3 is 55.1 Å². The molecule has 448 valence electrons. The predicted octanol–water partition coefficient (Wildman–Crippen LogP) is 4.31. The molecule has 0 aromatic heterocycles. The number of rotatable bonds is 37. The number of carboxylic acid groups (broad SMARTS) is 1. The Kier molecular flexibility index (Phi) is 31.7. The summed E-state index contributed by atoms with van der Waals surface area (Å²) in [6, 6.07) is 3.23. The second kappa shape index (κ2) is 36.0. The Bertz CT molecular complexity index is 2100. The van der Waals surface area contributed by atoms with Gasteiger partial charge in [-0.1, -0.05) is 86.9 Å². The topological polar surface area (TPSA) is 273 Å². The van der Waals surface area contributed by atoms with Crippen molar-refractivity contribution in [2.24, 2.45) is 29.6 Å². The van der Waals surface area contributed by atoms with Crippen molar-refractivity contribution in [2.45, 2.75) is 169 Å². The van der Waals surface area contributed by atoms with Gasteiger partial charge in [-0.15, -0.1) is 0 Å². The number of carboxylic acids is 1. The molecule has 2 rings (SSSR count). The van der Waals surface area contributed by atoms with Gasteiger partial charge in [0.1, 0.15) is 12.1 Å². The van der Waals surface area contributed by atoms with Gasteiger partial charge in [0.05, 0.1) is 82.1 Å². The van der Waals surface area contributed by atoms with Gasteiger partial charge >= 0.3 is 5.97 Å². The van der Waals surface area contributed by atoms with Crippen molar-refractivity contribution in [3.8, 4) is 0 Å². The third-order valence-corrected chi connectivity index (χ3v) is 14.2. The van der Waals surface area contributed by atoms with Gasteiger partial charge in [-0.2, -0.15) is 0 Å². The van der Waals surface area contributed by atoms with Crippen molar-refractivity contribution in [3.05, 3.63) is 42.0 Å². The minimum Gasteiger partial charge on any atom is -0.481 e. The molecule has 79 heavy (non-hydrogen) atoms. The zero-order valence-corrected chi connectivity index (χ0v) is 49.8. The zero-order chi connectivity index (χ0) is 59.5. The Morgan fingerprint density at radius 1 is 0.785 bits per heavy atom. The maximum absolute atomic E-state index is 14.4. The van der Waals surface area contributed by atoms with Gasteiger partial charge in [0.2, 0.25) is 35.4 Å². The van der Waals surface area contributed by atoms with E-state index in [0.29, 0.717) is 43.5 Å². The average molecular weight is 1120 g/mol. The number of hydrogen-bond donors (Lipinski definition) is 6. The fraction of sp³-hybridized carbons (Fsp3) is 0.719. The maximum Gasteiger partial charge on any atom is 0.305 e. The molecule has 1 aliphatic rings. The highest BCUT2D eigenvalue weighted by molar-refractivity contribution is 5.97. The van der Waals surface area contributed by atoms with E-state index in [0.717, 1.165) is 0 Å². The van der Waals surface area contributed by atoms with E-state index in [4.69, 9.17) is 28.9 Å². The van der Waals surface area contributed by atoms with E-state index in [2.05, 4.69) is 26.7 Å². The van der Waals surface area contributed by atoms with Gasteiger partial charge in [-0.3, -0.25) is 48.1 Å². The summed E-state index contributed by atoms with van der Waals surface area (Å²) in [6.07, 6.45) is 4.02. The Balaban J connectivity index is 2.02. The van der Waals surface area contributed by atoms with E-state index in [9.17, 15) is 38.4 Å². The van der Waals surface area contributed by atoms with E-state index in [1.165, 1.54) is 13.2 Å². The first-order valence-electron chi connectivity index (χ1n) is 27.8. The number of amides is 7. The molecule has 0 radical (unpaired) electrons. The largest absolute Gasteiger partial charge is 0.481 e. The molecule has 10 unspecified atom stereocenters. The summed E-state index contributed by atoms with van der Waals surface area (Å²) in [4.78, 5) is 116. The summed E-state index contributed by atoms with van der Waals surface area (Å²) >= 11 is 0. The van der Waals surface area contributed by atoms with Crippen molar-refractivity contribution in [3.63, 3.8) is 0 Å². The third-order valence-electron chi connectivity index (χ3n) is 14.2. The van der Waals surface area contributed by atoms with Crippen LogP contribution in [0.3, 0.4) is 0 Å². The fourth-order valence-electron chi connectivity index (χ4n) is 9.81. The van der Waals surface area contributed by atoms with Crippen molar-refractivity contribution >= 4 is 53.0 Å². The average Bonchev–Trinajstić information content (AvgIpc) is 3.87. The molecule has 0 bridgehead atoms. The Labute approximate surface area is 469 Å². The number of carbonyl (C=O) groups is 8. The van der Waals surface area contributed by atoms with Crippen LogP contribution in [0.15, 0.2) is 36.4 Å². The molecule has 6 N–H and O–H groups in total. The number of methoxy groups -OCH3 is 2. The number of nitrogens with zero attached hydrogens (tertiary/aromatic N) is 3. The smallest absolute Gasteiger partial charge is 0.305 e. The lowest BCUT2D eigenvalue weighted by Gasteiger charge is -2.41. The van der Waals surface area contributed by atoms with Gasteiger partial charge in [-0.25, -0.2) is 5.48 Å². The molecular weight excluding hydrogens is 1020 g/mol. The summed E-state index contributed by atoms with van der Waals surface area (Å²) in [7, 11) is 8.47. The van der Waals surface area contributed by atoms with E-state index < -0.39 is 72.2 Å². The number of nitrogens with one attached hydrogen (secondary N) is 5. The van der Waals surface area contributed by atoms with E-state index in [-0.39, 0.29) is 106 Å². The number of hydrogen-bond acceptors (Lipinski definition) is 14. The number of anilines is 1. The molecule has 1 aromatic rings. The van der Waals surface area contributed by atoms with E-state index in [1.807, 2.05) is 74.4 Å². The number of ether oxygens (including phenoxy) is 4. The van der Waals surface area contributed by atoms with Crippen LogP contribution in [-0.4, -0.2) is 184 Å². The molecule has 0 saturated carbocycles. The van der Waals surface area contributed by atoms with Crippen LogP contribution < -0.4 is 26.7 Å². The standard InChI is InChI=1S/C57H96N8O14/c1-16-38(8)52(64(13)57(74)50(36(4)5)61-56(73)51(37(6)7)63(11)12)45(75-14)33-48(68)65-27-17-18-44(65)53(76-15)39(9)54(71)60-43(32-35(2)3)23-24-47(67)62-79-34-41-19-21-42(22-20-41)59-55(72)40(10)58-46(66)25-28-77-30-31-78-29-26-49(69)70/h19-24,35-40,43-45,50-53H,16-18,25-34H2,1-15H3,(H,58,66)(H,59,72)(H,60,71)(H,61,73)(H,62,67)(H,69,70). The quantitative estimate of drug-likeness (QED) is 0.0308. The van der Waals surface area contributed by atoms with Gasteiger partial charge in [0, 0.05) is 52.0 Å². The summed E-state index contributed by atoms with van der Waals surface area (Å²) < 4.78 is 22.5. The van der Waals surface area contributed by atoms with Crippen molar-refractivity contribution in [2.75, 3.05) is 73.7 Å². The van der Waals surface area contributed by atoms with Crippen LogP contribution in [0.4, 0.5) is 5.69 Å². The van der Waals surface area contributed by atoms with Crippen LogP contribution in [-0.2, 0) is 68.7 Å². The number of likely N-dealkylation sites (tertiary alicyclic amines) is 1. The molecule has 1 aromatic carbocycles. The zero-order valence-electron chi connectivity index (χ0n) is 49.8. The summed E-state index contributed by atoms with van der Waals surface area (Å²) in [5, 5.41) is 20.1. The van der Waals surface area contributed by atoms with Crippen LogP contribution in [0.1, 0.15) is 120 Å². The molecule has 7 amide bonds. The molecule has 1 fully saturated rings. The molecule has 1 aliphatic heterocycles. The summed E-state index contributed by atoms with van der Waals surface area (Å²) in [5.74, 6) is -4.10. The molecule has 22 heteroatoms. The highest BCUT2D eigenvalue weighted by Crippen LogP contribution is 2.30. The maximum atomic E-state index is 14.4. The summed E-state index contributed by atoms with van der Waals surface area (Å²) in [6.45, 7) is 20.2. The molecule has 1 saturated heterocycles. The van der Waals surface area contributed by atoms with Crippen molar-refractivity contribution < 1.29 is 67.2 Å². The number of benzene rings is 1. The van der Waals surface area contributed by atoms with Crippen LogP contribution in [0, 0.1) is 29.6 Å². The number of hydroxylamine groups is 1. The van der Waals surface area contributed by atoms with Crippen LogP contribution in [0.5, 0.6) is 0 Å². The molecule has 10 atom stereocenters. The Morgan fingerprint density at radius 3 is 1.96 bits per heavy atom. The monoisotopic (exact) mass is 1120 g/mol. The Morgan fingerprint density at radius 2 is 1.42 bits per heavy atom. The molecule has 0 aliphatic carbocycles. The highest BCUT2D eigenvalue weighted by Gasteiger charge is 2.43. The lowest BCUT2D eigenvalue weighted by molar-refractivity contribution is -0.148. The number of carbonyl (C=O) groups excluding carboxylic acids is 7. The highest BCUT2D eigenvalue weighted by atomic mass is 16.6. The second-order valence-electron chi connectivity index (χ2n) is 21.9. The molecule has 22 nitrogen and oxygen atoms in total. The molecule has 0 spiro atoms.